The highest BCUT2D eigenvalue weighted by Gasteiger charge is 2.36. The molecule has 152 valence electrons. The minimum absolute atomic E-state index is 0.0685. The van der Waals surface area contributed by atoms with Gasteiger partial charge >= 0.3 is 6.36 Å². The highest BCUT2D eigenvalue weighted by atomic mass is 35.5. The Kier molecular flexibility index (Phi) is 5.08. The largest absolute Gasteiger partial charge is 0.573 e. The summed E-state index contributed by atoms with van der Waals surface area (Å²) in [4.78, 5) is 18.4. The van der Waals surface area contributed by atoms with Gasteiger partial charge in [-0.05, 0) is 30.7 Å². The van der Waals surface area contributed by atoms with Crippen molar-refractivity contribution < 1.29 is 27.2 Å². The number of likely N-dealkylation sites (tertiary alicyclic amines) is 1. The second kappa shape index (κ2) is 7.55. The van der Waals surface area contributed by atoms with Crippen molar-refractivity contribution in [3.63, 3.8) is 0 Å². The molecule has 10 heteroatoms. The van der Waals surface area contributed by atoms with Gasteiger partial charge in [-0.25, -0.2) is 0 Å². The number of benzene rings is 1. The van der Waals surface area contributed by atoms with Gasteiger partial charge in [0.25, 0.3) is 5.91 Å². The number of nitrogens with zero attached hydrogens (tertiary/aromatic N) is 3. The number of aromatic nitrogens is 2. The number of amides is 1. The van der Waals surface area contributed by atoms with E-state index in [1.54, 1.807) is 17.1 Å². The van der Waals surface area contributed by atoms with Crippen LogP contribution in [-0.4, -0.2) is 45.8 Å². The van der Waals surface area contributed by atoms with Gasteiger partial charge in [0.1, 0.15) is 5.75 Å². The van der Waals surface area contributed by atoms with Crippen LogP contribution >= 0.6 is 11.6 Å². The van der Waals surface area contributed by atoms with E-state index in [1.807, 2.05) is 6.08 Å². The van der Waals surface area contributed by atoms with Crippen molar-refractivity contribution in [1.82, 2.24) is 15.0 Å². The molecule has 1 amide bonds. The molecule has 29 heavy (non-hydrogen) atoms. The van der Waals surface area contributed by atoms with Crippen molar-refractivity contribution in [2.75, 3.05) is 13.1 Å². The Bertz CT molecular complexity index is 963. The maximum Gasteiger partial charge on any atom is 0.573 e. The molecule has 2 aliphatic rings. The van der Waals surface area contributed by atoms with Crippen LogP contribution in [0.1, 0.15) is 18.2 Å². The Morgan fingerprint density at radius 2 is 1.97 bits per heavy atom. The Morgan fingerprint density at radius 3 is 2.59 bits per heavy atom. The maximum atomic E-state index is 12.4. The summed E-state index contributed by atoms with van der Waals surface area (Å²) in [7, 11) is 0. The first kappa shape index (κ1) is 19.5. The van der Waals surface area contributed by atoms with Crippen LogP contribution in [0.15, 0.2) is 52.6 Å². The van der Waals surface area contributed by atoms with Gasteiger partial charge in [-0.1, -0.05) is 23.4 Å². The molecule has 1 atom stereocenters. The molecule has 0 bridgehead atoms. The number of rotatable bonds is 4. The van der Waals surface area contributed by atoms with Crippen LogP contribution in [0.2, 0.25) is 0 Å². The third-order valence-electron chi connectivity index (χ3n) is 4.60. The Morgan fingerprint density at radius 1 is 1.24 bits per heavy atom. The Hall–Kier alpha value is -2.81. The lowest BCUT2D eigenvalue weighted by Gasteiger charge is -2.37. The number of hydrogen-bond donors (Lipinski definition) is 0. The van der Waals surface area contributed by atoms with Gasteiger partial charge in [-0.3, -0.25) is 4.79 Å². The van der Waals surface area contributed by atoms with Crippen LogP contribution < -0.4 is 4.74 Å². The number of carbonyl (C=O) groups is 1. The molecule has 0 radical (unpaired) electrons. The molecule has 0 N–H and O–H groups in total. The van der Waals surface area contributed by atoms with Gasteiger partial charge in [0.05, 0.1) is 11.3 Å². The van der Waals surface area contributed by atoms with E-state index in [9.17, 15) is 18.0 Å². The van der Waals surface area contributed by atoms with Crippen LogP contribution in [-0.2, 0) is 4.79 Å². The lowest BCUT2D eigenvalue weighted by Crippen LogP contribution is -2.49. The molecule has 1 aromatic carbocycles. The number of carbonyl (C=O) groups excluding carboxylic acids is 1. The Balaban J connectivity index is 1.36. The van der Waals surface area contributed by atoms with Crippen LogP contribution in [0.4, 0.5) is 13.2 Å². The molecule has 1 unspecified atom stereocenters. The summed E-state index contributed by atoms with van der Waals surface area (Å²) < 4.78 is 45.8. The zero-order chi connectivity index (χ0) is 20.6. The second-order valence-corrected chi connectivity index (χ2v) is 7.27. The van der Waals surface area contributed by atoms with Crippen LogP contribution in [0.3, 0.4) is 0 Å². The van der Waals surface area contributed by atoms with Gasteiger partial charge in [0.2, 0.25) is 11.7 Å². The first-order chi connectivity index (χ1) is 13.8. The third kappa shape index (κ3) is 4.45. The lowest BCUT2D eigenvalue weighted by atomic mass is 9.97. The third-order valence-corrected chi connectivity index (χ3v) is 4.92. The van der Waals surface area contributed by atoms with Crippen molar-refractivity contribution in [3.05, 3.63) is 54.0 Å². The van der Waals surface area contributed by atoms with E-state index in [-0.39, 0.29) is 28.8 Å². The minimum Gasteiger partial charge on any atom is -0.406 e. The van der Waals surface area contributed by atoms with Gasteiger partial charge in [0, 0.05) is 24.2 Å². The molecule has 4 rings (SSSR count). The van der Waals surface area contributed by atoms with Gasteiger partial charge in [-0.15, -0.1) is 24.8 Å². The SMILES string of the molecule is O=C(C1=CCC(Cl)C=C1)N1CC(c2nc(-c3ccc(OC(F)(F)F)cc3)no2)C1. The number of ether oxygens (including phenoxy) is 1. The fraction of sp³-hybridized carbons (Fsp3) is 0.316. The standard InChI is InChI=1S/C19H15ClF3N3O3/c20-14-5-1-12(2-6-14)18(27)26-9-13(10-26)17-24-16(25-29-17)11-3-7-15(8-4-11)28-19(21,22)23/h1-5,7-8,13-14H,6,9-10H2. The van der Waals surface area contributed by atoms with Crippen molar-refractivity contribution in [3.8, 4) is 17.1 Å². The fourth-order valence-electron chi connectivity index (χ4n) is 3.06. The summed E-state index contributed by atoms with van der Waals surface area (Å²) in [5.41, 5.74) is 1.11. The molecule has 1 aromatic heterocycles. The predicted molar refractivity (Wildman–Crippen MR) is 97.2 cm³/mol. The summed E-state index contributed by atoms with van der Waals surface area (Å²) in [6.07, 6.45) is 1.22. The second-order valence-electron chi connectivity index (χ2n) is 6.71. The zero-order valence-electron chi connectivity index (χ0n) is 14.9. The number of alkyl halides is 4. The molecule has 1 aliphatic carbocycles. The van der Waals surface area contributed by atoms with E-state index in [1.165, 1.54) is 24.3 Å². The Labute approximate surface area is 168 Å². The first-order valence-corrected chi connectivity index (χ1v) is 9.23. The maximum absolute atomic E-state index is 12.4. The number of allylic oxidation sites excluding steroid dienone is 2. The highest BCUT2D eigenvalue weighted by molar-refractivity contribution is 6.22. The fourth-order valence-corrected chi connectivity index (χ4v) is 3.22. The average molecular weight is 426 g/mol. The van der Waals surface area contributed by atoms with Gasteiger partial charge in [0.15, 0.2) is 0 Å². The topological polar surface area (TPSA) is 68.5 Å². The van der Waals surface area contributed by atoms with Crippen LogP contribution in [0.5, 0.6) is 5.75 Å². The van der Waals surface area contributed by atoms with Crippen molar-refractivity contribution in [2.24, 2.45) is 0 Å². The molecular formula is C19H15ClF3N3O3. The summed E-state index contributed by atoms with van der Waals surface area (Å²) in [6, 6.07) is 5.19. The van der Waals surface area contributed by atoms with E-state index >= 15 is 0 Å². The lowest BCUT2D eigenvalue weighted by molar-refractivity contribution is -0.274. The van der Waals surface area contributed by atoms with Gasteiger partial charge in [-0.2, -0.15) is 4.98 Å². The monoisotopic (exact) mass is 425 g/mol. The minimum atomic E-state index is -4.75. The molecule has 0 spiro atoms. The molecule has 2 heterocycles. The van der Waals surface area contributed by atoms with Crippen LogP contribution in [0, 0.1) is 0 Å². The molecule has 1 fully saturated rings. The molecule has 6 nitrogen and oxygen atoms in total. The molecule has 1 aliphatic heterocycles. The normalized spacial score (nSPS) is 19.7. The summed E-state index contributed by atoms with van der Waals surface area (Å²) in [5.74, 6) is 0.163. The smallest absolute Gasteiger partial charge is 0.406 e. The van der Waals surface area contributed by atoms with E-state index in [2.05, 4.69) is 14.9 Å². The molecular weight excluding hydrogens is 411 g/mol. The number of hydrogen-bond acceptors (Lipinski definition) is 5. The summed E-state index contributed by atoms with van der Waals surface area (Å²) in [5, 5.41) is 3.79. The first-order valence-electron chi connectivity index (χ1n) is 8.80. The van der Waals surface area contributed by atoms with Crippen molar-refractivity contribution in [2.45, 2.75) is 24.1 Å². The van der Waals surface area contributed by atoms with Gasteiger partial charge < -0.3 is 14.2 Å². The predicted octanol–water partition coefficient (Wildman–Crippen LogP) is 4.05. The molecule has 1 saturated heterocycles. The summed E-state index contributed by atoms with van der Waals surface area (Å²) in [6.45, 7) is 0.905. The molecule has 0 saturated carbocycles. The van der Waals surface area contributed by atoms with E-state index in [4.69, 9.17) is 16.1 Å². The summed E-state index contributed by atoms with van der Waals surface area (Å²) >= 11 is 5.97. The van der Waals surface area contributed by atoms with Crippen LogP contribution in [0.25, 0.3) is 11.4 Å². The van der Waals surface area contributed by atoms with E-state index < -0.39 is 6.36 Å². The van der Waals surface area contributed by atoms with Crippen molar-refractivity contribution in [1.29, 1.82) is 0 Å². The zero-order valence-corrected chi connectivity index (χ0v) is 15.7. The average Bonchev–Trinajstić information content (AvgIpc) is 3.10. The van der Waals surface area contributed by atoms with E-state index in [0.717, 1.165) is 0 Å². The quantitative estimate of drug-likeness (QED) is 0.691. The van der Waals surface area contributed by atoms with E-state index in [0.29, 0.717) is 36.5 Å². The van der Waals surface area contributed by atoms with Crippen molar-refractivity contribution >= 4 is 17.5 Å². The molecule has 2 aromatic rings. The number of halogens is 4. The highest BCUT2D eigenvalue weighted by Crippen LogP contribution is 2.30.